The Morgan fingerprint density at radius 3 is 2.36 bits per heavy atom. The third-order valence-corrected chi connectivity index (χ3v) is 4.72. The van der Waals surface area contributed by atoms with Crippen molar-refractivity contribution in [2.45, 2.75) is 25.7 Å². The molecule has 0 radical (unpaired) electrons. The molecule has 132 valence electrons. The van der Waals surface area contributed by atoms with E-state index >= 15 is 0 Å². The van der Waals surface area contributed by atoms with Crippen LogP contribution in [0.3, 0.4) is 0 Å². The second kappa shape index (κ2) is 8.41. The van der Waals surface area contributed by atoms with Crippen LogP contribution in [0, 0.1) is 20.8 Å². The van der Waals surface area contributed by atoms with Crippen molar-refractivity contribution in [2.75, 3.05) is 18.2 Å². The van der Waals surface area contributed by atoms with Gasteiger partial charge in [0, 0.05) is 10.6 Å². The summed E-state index contributed by atoms with van der Waals surface area (Å²) in [6, 6.07) is 9.09. The molecule has 2 aromatic rings. The molecule has 2 rings (SSSR count). The molecule has 1 N–H and O–H groups in total. The highest BCUT2D eigenvalue weighted by molar-refractivity contribution is 7.98. The maximum Gasteiger partial charge on any atom is 0.340 e. The van der Waals surface area contributed by atoms with Gasteiger partial charge in [0.1, 0.15) is 0 Å². The lowest BCUT2D eigenvalue weighted by Crippen LogP contribution is -2.22. The number of thioether (sulfide) groups is 1. The lowest BCUT2D eigenvalue weighted by atomic mass is 10.1. The normalized spacial score (nSPS) is 10.4. The summed E-state index contributed by atoms with van der Waals surface area (Å²) in [6.07, 6.45) is 1.90. The molecule has 4 nitrogen and oxygen atoms in total. The van der Waals surface area contributed by atoms with Gasteiger partial charge in [-0.3, -0.25) is 4.79 Å². The first-order chi connectivity index (χ1) is 11.8. The van der Waals surface area contributed by atoms with Crippen molar-refractivity contribution in [3.8, 4) is 0 Å². The molecule has 0 aliphatic rings. The number of rotatable bonds is 5. The Labute approximate surface area is 156 Å². The molecule has 2 aromatic carbocycles. The summed E-state index contributed by atoms with van der Waals surface area (Å²) in [7, 11) is 0. The van der Waals surface area contributed by atoms with Gasteiger partial charge in [0.25, 0.3) is 5.91 Å². The standard InChI is InChI=1S/C19H20ClNO3S/c1-11-7-12(2)18(13(3)8-11)21-17(22)10-24-19(23)15-9-14(25-4)5-6-16(15)20/h5-9H,10H2,1-4H3,(H,21,22). The predicted octanol–water partition coefficient (Wildman–Crippen LogP) is 4.78. The lowest BCUT2D eigenvalue weighted by Gasteiger charge is -2.13. The fourth-order valence-electron chi connectivity index (χ4n) is 2.55. The average molecular weight is 378 g/mol. The largest absolute Gasteiger partial charge is 0.452 e. The van der Waals surface area contributed by atoms with Crippen molar-refractivity contribution in [2.24, 2.45) is 0 Å². The van der Waals surface area contributed by atoms with E-state index in [9.17, 15) is 9.59 Å². The summed E-state index contributed by atoms with van der Waals surface area (Å²) < 4.78 is 5.10. The number of halogens is 1. The van der Waals surface area contributed by atoms with E-state index in [1.54, 1.807) is 12.1 Å². The van der Waals surface area contributed by atoms with Gasteiger partial charge in [-0.05, 0) is 56.4 Å². The van der Waals surface area contributed by atoms with Gasteiger partial charge in [-0.2, -0.15) is 0 Å². The molecular formula is C19H20ClNO3S. The quantitative estimate of drug-likeness (QED) is 0.601. The Morgan fingerprint density at radius 2 is 1.76 bits per heavy atom. The first-order valence-corrected chi connectivity index (χ1v) is 9.30. The van der Waals surface area contributed by atoms with E-state index < -0.39 is 5.97 Å². The molecule has 25 heavy (non-hydrogen) atoms. The minimum absolute atomic E-state index is 0.254. The number of carbonyl (C=O) groups excluding carboxylic acids is 2. The van der Waals surface area contributed by atoms with Crippen LogP contribution in [0.4, 0.5) is 5.69 Å². The van der Waals surface area contributed by atoms with Crippen LogP contribution in [0.25, 0.3) is 0 Å². The van der Waals surface area contributed by atoms with Crippen molar-refractivity contribution >= 4 is 40.9 Å². The molecule has 6 heteroatoms. The summed E-state index contributed by atoms with van der Waals surface area (Å²) >= 11 is 7.53. The number of anilines is 1. The highest BCUT2D eigenvalue weighted by atomic mass is 35.5. The summed E-state index contributed by atoms with van der Waals surface area (Å²) in [5, 5.41) is 3.10. The predicted molar refractivity (Wildman–Crippen MR) is 103 cm³/mol. The van der Waals surface area contributed by atoms with Crippen molar-refractivity contribution < 1.29 is 14.3 Å². The van der Waals surface area contributed by atoms with Crippen LogP contribution in [0.2, 0.25) is 5.02 Å². The molecule has 1 amide bonds. The average Bonchev–Trinajstić information content (AvgIpc) is 2.56. The van der Waals surface area contributed by atoms with Crippen LogP contribution in [-0.4, -0.2) is 24.7 Å². The topological polar surface area (TPSA) is 55.4 Å². The van der Waals surface area contributed by atoms with Crippen molar-refractivity contribution in [1.82, 2.24) is 0 Å². The van der Waals surface area contributed by atoms with Crippen LogP contribution in [0.5, 0.6) is 0 Å². The summed E-state index contributed by atoms with van der Waals surface area (Å²) in [5.74, 6) is -1.01. The Bertz CT molecular complexity index is 797. The number of esters is 1. The van der Waals surface area contributed by atoms with Crippen molar-refractivity contribution in [3.63, 3.8) is 0 Å². The fraction of sp³-hybridized carbons (Fsp3) is 0.263. The minimum Gasteiger partial charge on any atom is -0.452 e. The third-order valence-electron chi connectivity index (χ3n) is 3.67. The first-order valence-electron chi connectivity index (χ1n) is 7.70. The van der Waals surface area contributed by atoms with E-state index in [1.165, 1.54) is 11.8 Å². The van der Waals surface area contributed by atoms with Crippen LogP contribution in [0.1, 0.15) is 27.0 Å². The van der Waals surface area contributed by atoms with Crippen LogP contribution in [0.15, 0.2) is 35.2 Å². The summed E-state index contributed by atoms with van der Waals surface area (Å²) in [5.41, 5.74) is 4.06. The Balaban J connectivity index is 2.02. The van der Waals surface area contributed by atoms with Gasteiger partial charge in [0.05, 0.1) is 10.6 Å². The number of nitrogens with one attached hydrogen (secondary N) is 1. The van der Waals surface area contributed by atoms with Gasteiger partial charge in [-0.15, -0.1) is 11.8 Å². The fourth-order valence-corrected chi connectivity index (χ4v) is 3.18. The van der Waals surface area contributed by atoms with E-state index in [0.717, 1.165) is 27.3 Å². The monoisotopic (exact) mass is 377 g/mol. The zero-order valence-corrected chi connectivity index (χ0v) is 16.2. The lowest BCUT2D eigenvalue weighted by molar-refractivity contribution is -0.119. The smallest absolute Gasteiger partial charge is 0.340 e. The molecular weight excluding hydrogens is 358 g/mol. The second-order valence-corrected chi connectivity index (χ2v) is 7.03. The van der Waals surface area contributed by atoms with Gasteiger partial charge in [0.2, 0.25) is 0 Å². The van der Waals surface area contributed by atoms with Gasteiger partial charge in [-0.1, -0.05) is 29.3 Å². The van der Waals surface area contributed by atoms with Crippen LogP contribution < -0.4 is 5.32 Å². The van der Waals surface area contributed by atoms with Gasteiger partial charge in [0.15, 0.2) is 6.61 Å². The maximum atomic E-state index is 12.2. The van der Waals surface area contributed by atoms with Gasteiger partial charge >= 0.3 is 5.97 Å². The molecule has 0 atom stereocenters. The Morgan fingerprint density at radius 1 is 1.12 bits per heavy atom. The Kier molecular flexibility index (Phi) is 6.51. The third kappa shape index (κ3) is 5.00. The molecule has 0 spiro atoms. The number of hydrogen-bond acceptors (Lipinski definition) is 4. The van der Waals surface area contributed by atoms with Crippen LogP contribution in [-0.2, 0) is 9.53 Å². The van der Waals surface area contributed by atoms with Crippen LogP contribution >= 0.6 is 23.4 Å². The second-order valence-electron chi connectivity index (χ2n) is 5.74. The van der Waals surface area contributed by atoms with E-state index in [0.29, 0.717) is 5.02 Å². The van der Waals surface area contributed by atoms with Gasteiger partial charge in [-0.25, -0.2) is 4.79 Å². The number of hydrogen-bond donors (Lipinski definition) is 1. The van der Waals surface area contributed by atoms with Crippen molar-refractivity contribution in [1.29, 1.82) is 0 Å². The Hall–Kier alpha value is -1.98. The molecule has 0 saturated heterocycles. The number of carbonyl (C=O) groups is 2. The van der Waals surface area contributed by atoms with Crippen molar-refractivity contribution in [3.05, 3.63) is 57.6 Å². The van der Waals surface area contributed by atoms with Gasteiger partial charge < -0.3 is 10.1 Å². The number of ether oxygens (including phenoxy) is 1. The van der Waals surface area contributed by atoms with E-state index in [1.807, 2.05) is 45.2 Å². The molecule has 0 heterocycles. The number of benzene rings is 2. The molecule has 0 bridgehead atoms. The molecule has 0 fully saturated rings. The highest BCUT2D eigenvalue weighted by Crippen LogP contribution is 2.24. The minimum atomic E-state index is -0.617. The zero-order valence-electron chi connectivity index (χ0n) is 14.6. The van der Waals surface area contributed by atoms with E-state index in [2.05, 4.69) is 5.32 Å². The maximum absolute atomic E-state index is 12.2. The number of aryl methyl sites for hydroxylation is 3. The molecule has 0 aromatic heterocycles. The highest BCUT2D eigenvalue weighted by Gasteiger charge is 2.15. The summed E-state index contributed by atoms with van der Waals surface area (Å²) in [4.78, 5) is 25.2. The zero-order chi connectivity index (χ0) is 18.6. The SMILES string of the molecule is CSc1ccc(Cl)c(C(=O)OCC(=O)Nc2c(C)cc(C)cc2C)c1. The molecule has 0 aliphatic heterocycles. The van der Waals surface area contributed by atoms with E-state index in [-0.39, 0.29) is 18.1 Å². The number of amides is 1. The molecule has 0 aliphatic carbocycles. The molecule has 0 unspecified atom stereocenters. The first kappa shape index (κ1) is 19.3. The van der Waals surface area contributed by atoms with E-state index in [4.69, 9.17) is 16.3 Å². The summed E-state index contributed by atoms with van der Waals surface area (Å²) in [6.45, 7) is 5.48. The molecule has 0 saturated carbocycles.